The van der Waals surface area contributed by atoms with Gasteiger partial charge in [-0.3, -0.25) is 9.36 Å². The Balaban J connectivity index is 2.27. The third kappa shape index (κ3) is 9.94. The van der Waals surface area contributed by atoms with Gasteiger partial charge in [0.1, 0.15) is 0 Å². The zero-order valence-electron chi connectivity index (χ0n) is 15.9. The summed E-state index contributed by atoms with van der Waals surface area (Å²) in [5, 5.41) is 8.99. The number of hydrogen-bond acceptors (Lipinski definition) is 2. The number of aryl methyl sites for hydroxylation is 1. The lowest BCUT2D eigenvalue weighted by Gasteiger charge is -2.11. The van der Waals surface area contributed by atoms with Crippen LogP contribution >= 0.6 is 7.37 Å². The number of aliphatic carboxylic acids is 1. The molecule has 0 aromatic heterocycles. The summed E-state index contributed by atoms with van der Waals surface area (Å²) in [7, 11) is -3.57. The van der Waals surface area contributed by atoms with Crippen LogP contribution in [0.4, 0.5) is 0 Å². The SMILES string of the molecule is CCCCCCCCC=CCCc1ccc(P(=O)(O)CCC(=O)O)cc1. The molecule has 0 radical (unpaired) electrons. The van der Waals surface area contributed by atoms with Crippen molar-refractivity contribution in [2.24, 2.45) is 0 Å². The Morgan fingerprint density at radius 3 is 2.27 bits per heavy atom. The summed E-state index contributed by atoms with van der Waals surface area (Å²) in [6.45, 7) is 2.23. The highest BCUT2D eigenvalue weighted by atomic mass is 31.2. The molecule has 0 aliphatic heterocycles. The van der Waals surface area contributed by atoms with Gasteiger partial charge in [0, 0.05) is 11.5 Å². The smallest absolute Gasteiger partial charge is 0.303 e. The minimum absolute atomic E-state index is 0.219. The molecular formula is C21H33O4P. The molecule has 1 unspecified atom stereocenters. The summed E-state index contributed by atoms with van der Waals surface area (Å²) >= 11 is 0. The standard InChI is InChI=1S/C21H33O4P/c1-2-3-4-5-6-7-8-9-10-11-12-19-13-15-20(16-14-19)26(24,25)18-17-21(22)23/h9-10,13-16H,2-8,11-12,17-18H2,1H3,(H,22,23)(H,24,25). The van der Waals surface area contributed by atoms with Crippen molar-refractivity contribution in [2.75, 3.05) is 6.16 Å². The molecule has 0 saturated carbocycles. The largest absolute Gasteiger partial charge is 0.481 e. The maximum Gasteiger partial charge on any atom is 0.303 e. The van der Waals surface area contributed by atoms with Crippen LogP contribution in [-0.4, -0.2) is 22.1 Å². The van der Waals surface area contributed by atoms with Gasteiger partial charge in [-0.2, -0.15) is 0 Å². The Hall–Kier alpha value is -1.38. The van der Waals surface area contributed by atoms with Gasteiger partial charge in [-0.05, 0) is 43.4 Å². The van der Waals surface area contributed by atoms with E-state index in [1.807, 2.05) is 12.1 Å². The van der Waals surface area contributed by atoms with Gasteiger partial charge in [0.15, 0.2) is 0 Å². The molecule has 146 valence electrons. The number of carboxylic acids is 1. The maximum atomic E-state index is 12.2. The molecule has 1 rings (SSSR count). The highest BCUT2D eigenvalue weighted by Crippen LogP contribution is 2.39. The fourth-order valence-electron chi connectivity index (χ4n) is 2.80. The Labute approximate surface area is 157 Å². The van der Waals surface area contributed by atoms with Crippen LogP contribution in [0.2, 0.25) is 0 Å². The Kier molecular flexibility index (Phi) is 11.2. The van der Waals surface area contributed by atoms with Crippen molar-refractivity contribution in [2.45, 2.75) is 71.1 Å². The molecular weight excluding hydrogens is 347 g/mol. The van der Waals surface area contributed by atoms with E-state index in [-0.39, 0.29) is 12.6 Å². The number of rotatable bonds is 14. The summed E-state index contributed by atoms with van der Waals surface area (Å²) < 4.78 is 12.2. The quantitative estimate of drug-likeness (QED) is 0.261. The van der Waals surface area contributed by atoms with E-state index in [1.54, 1.807) is 12.1 Å². The monoisotopic (exact) mass is 380 g/mol. The molecule has 4 nitrogen and oxygen atoms in total. The van der Waals surface area contributed by atoms with Crippen molar-refractivity contribution >= 4 is 18.6 Å². The molecule has 26 heavy (non-hydrogen) atoms. The Bertz CT molecular complexity index is 593. The number of hydrogen-bond donors (Lipinski definition) is 2. The number of unbranched alkanes of at least 4 members (excludes halogenated alkanes) is 6. The summed E-state index contributed by atoms with van der Waals surface area (Å²) in [5.41, 5.74) is 1.12. The summed E-state index contributed by atoms with van der Waals surface area (Å²) in [4.78, 5) is 20.5. The fourth-order valence-corrected chi connectivity index (χ4v) is 4.17. The predicted molar refractivity (Wildman–Crippen MR) is 108 cm³/mol. The molecule has 0 bridgehead atoms. The summed E-state index contributed by atoms with van der Waals surface area (Å²) in [6, 6.07) is 7.02. The van der Waals surface area contributed by atoms with E-state index in [2.05, 4.69) is 19.1 Å². The number of carbonyl (C=O) groups is 1. The molecule has 0 aliphatic rings. The van der Waals surface area contributed by atoms with E-state index in [0.717, 1.165) is 24.8 Å². The first-order valence-corrected chi connectivity index (χ1v) is 11.6. The van der Waals surface area contributed by atoms with Gasteiger partial charge in [-0.1, -0.05) is 63.3 Å². The molecule has 2 N–H and O–H groups in total. The zero-order chi connectivity index (χ0) is 19.3. The molecule has 0 saturated heterocycles. The first-order chi connectivity index (χ1) is 12.5. The van der Waals surface area contributed by atoms with Crippen LogP contribution in [0.3, 0.4) is 0 Å². The van der Waals surface area contributed by atoms with Crippen LogP contribution in [0.25, 0.3) is 0 Å². The first kappa shape index (κ1) is 22.7. The van der Waals surface area contributed by atoms with Gasteiger partial charge in [-0.25, -0.2) is 0 Å². The van der Waals surface area contributed by atoms with Crippen LogP contribution in [0.1, 0.15) is 70.3 Å². The molecule has 5 heteroatoms. The molecule has 0 aliphatic carbocycles. The van der Waals surface area contributed by atoms with Crippen LogP contribution in [0, 0.1) is 0 Å². The van der Waals surface area contributed by atoms with E-state index >= 15 is 0 Å². The summed E-state index contributed by atoms with van der Waals surface area (Å²) in [6.07, 6.45) is 14.9. The van der Waals surface area contributed by atoms with Gasteiger partial charge < -0.3 is 10.00 Å². The molecule has 0 fully saturated rings. The van der Waals surface area contributed by atoms with Crippen molar-refractivity contribution in [3.8, 4) is 0 Å². The maximum absolute atomic E-state index is 12.2. The highest BCUT2D eigenvalue weighted by molar-refractivity contribution is 7.66. The van der Waals surface area contributed by atoms with Crippen LogP contribution < -0.4 is 5.30 Å². The third-order valence-electron chi connectivity index (χ3n) is 4.46. The third-order valence-corrected chi connectivity index (χ3v) is 6.39. The zero-order valence-corrected chi connectivity index (χ0v) is 16.8. The second kappa shape index (κ2) is 12.9. The lowest BCUT2D eigenvalue weighted by molar-refractivity contribution is -0.136. The van der Waals surface area contributed by atoms with Gasteiger partial charge in [0.2, 0.25) is 7.37 Å². The lowest BCUT2D eigenvalue weighted by Crippen LogP contribution is -2.10. The number of benzene rings is 1. The van der Waals surface area contributed by atoms with E-state index in [9.17, 15) is 14.3 Å². The Morgan fingerprint density at radius 2 is 1.62 bits per heavy atom. The first-order valence-electron chi connectivity index (χ1n) is 9.74. The minimum atomic E-state index is -3.57. The van der Waals surface area contributed by atoms with Crippen LogP contribution in [0.15, 0.2) is 36.4 Å². The molecule has 1 aromatic rings. The fraction of sp³-hybridized carbons (Fsp3) is 0.571. The average Bonchev–Trinajstić information content (AvgIpc) is 2.62. The van der Waals surface area contributed by atoms with Gasteiger partial charge >= 0.3 is 5.97 Å². The van der Waals surface area contributed by atoms with E-state index in [4.69, 9.17) is 5.11 Å². The van der Waals surface area contributed by atoms with Crippen molar-refractivity contribution in [1.82, 2.24) is 0 Å². The second-order valence-corrected chi connectivity index (χ2v) is 9.17. The molecule has 0 spiro atoms. The molecule has 0 amide bonds. The average molecular weight is 380 g/mol. The van der Waals surface area contributed by atoms with Crippen molar-refractivity contribution in [3.05, 3.63) is 42.0 Å². The van der Waals surface area contributed by atoms with Crippen LogP contribution in [-0.2, 0) is 15.8 Å². The van der Waals surface area contributed by atoms with E-state index in [1.165, 1.54) is 38.5 Å². The van der Waals surface area contributed by atoms with Crippen molar-refractivity contribution < 1.29 is 19.4 Å². The summed E-state index contributed by atoms with van der Waals surface area (Å²) in [5.74, 6) is -1.05. The highest BCUT2D eigenvalue weighted by Gasteiger charge is 2.22. The molecule has 1 aromatic carbocycles. The molecule has 1 atom stereocenters. The predicted octanol–water partition coefficient (Wildman–Crippen LogP) is 5.30. The Morgan fingerprint density at radius 1 is 1.00 bits per heavy atom. The normalized spacial score (nSPS) is 13.8. The van der Waals surface area contributed by atoms with Gasteiger partial charge in [0.25, 0.3) is 0 Å². The van der Waals surface area contributed by atoms with E-state index in [0.29, 0.717) is 5.30 Å². The van der Waals surface area contributed by atoms with E-state index < -0.39 is 13.3 Å². The van der Waals surface area contributed by atoms with Crippen molar-refractivity contribution in [1.29, 1.82) is 0 Å². The topological polar surface area (TPSA) is 74.6 Å². The van der Waals surface area contributed by atoms with Gasteiger partial charge in [0.05, 0.1) is 6.42 Å². The lowest BCUT2D eigenvalue weighted by atomic mass is 10.1. The number of carboxylic acid groups (broad SMARTS) is 1. The second-order valence-electron chi connectivity index (χ2n) is 6.80. The van der Waals surface area contributed by atoms with Gasteiger partial charge in [-0.15, -0.1) is 0 Å². The van der Waals surface area contributed by atoms with Crippen molar-refractivity contribution in [3.63, 3.8) is 0 Å². The van der Waals surface area contributed by atoms with Crippen LogP contribution in [0.5, 0.6) is 0 Å². The number of allylic oxidation sites excluding steroid dienone is 2. The molecule has 0 heterocycles. The minimum Gasteiger partial charge on any atom is -0.481 e.